The Morgan fingerprint density at radius 3 is 2.90 bits per heavy atom. The Morgan fingerprint density at radius 1 is 1.25 bits per heavy atom. The van der Waals surface area contributed by atoms with Gasteiger partial charge in [0, 0.05) is 11.3 Å². The summed E-state index contributed by atoms with van der Waals surface area (Å²) >= 11 is 0. The summed E-state index contributed by atoms with van der Waals surface area (Å²) in [6.45, 7) is 5.60. The lowest BCUT2D eigenvalue weighted by Crippen LogP contribution is -2.29. The van der Waals surface area contributed by atoms with Gasteiger partial charge >= 0.3 is 0 Å². The summed E-state index contributed by atoms with van der Waals surface area (Å²) in [7, 11) is 2.05. The van der Waals surface area contributed by atoms with Crippen molar-refractivity contribution in [1.82, 2.24) is 5.32 Å². The Bertz CT molecular complexity index is 586. The largest absolute Gasteiger partial charge is 0.461 e. The predicted octanol–water partition coefficient (Wildman–Crippen LogP) is 4.48. The number of rotatable bonds is 3. The average Bonchev–Trinajstić information content (AvgIpc) is 2.83. The molecule has 1 aromatic carbocycles. The summed E-state index contributed by atoms with van der Waals surface area (Å²) in [5.74, 6) is 3.28. The quantitative estimate of drug-likeness (QED) is 0.890. The third-order valence-electron chi connectivity index (χ3n) is 4.78. The SMILES string of the molecule is CNCC1CCC(C)CC1c1cc2cc(C)ccc2o1. The summed E-state index contributed by atoms with van der Waals surface area (Å²) < 4.78 is 6.16. The molecule has 1 aliphatic carbocycles. The van der Waals surface area contributed by atoms with E-state index in [1.54, 1.807) is 0 Å². The van der Waals surface area contributed by atoms with Crippen LogP contribution in [0.2, 0.25) is 0 Å². The summed E-state index contributed by atoms with van der Waals surface area (Å²) in [5.41, 5.74) is 2.33. The lowest BCUT2D eigenvalue weighted by molar-refractivity contribution is 0.224. The van der Waals surface area contributed by atoms with Crippen LogP contribution >= 0.6 is 0 Å². The molecule has 1 fully saturated rings. The Kier molecular flexibility index (Phi) is 3.84. The number of nitrogens with one attached hydrogen (secondary N) is 1. The highest BCUT2D eigenvalue weighted by Gasteiger charge is 2.31. The zero-order chi connectivity index (χ0) is 14.1. The van der Waals surface area contributed by atoms with Crippen LogP contribution in [-0.4, -0.2) is 13.6 Å². The molecule has 20 heavy (non-hydrogen) atoms. The molecule has 0 spiro atoms. The van der Waals surface area contributed by atoms with Gasteiger partial charge in [-0.2, -0.15) is 0 Å². The standard InChI is InChI=1S/C18H25NO/c1-12-5-7-17-15(8-12)10-18(20-17)16-9-13(2)4-6-14(16)11-19-3/h5,7-8,10,13-14,16,19H,4,6,9,11H2,1-3H3. The van der Waals surface area contributed by atoms with Gasteiger partial charge in [0.25, 0.3) is 0 Å². The molecule has 0 radical (unpaired) electrons. The van der Waals surface area contributed by atoms with Crippen LogP contribution in [0.15, 0.2) is 28.7 Å². The van der Waals surface area contributed by atoms with E-state index in [1.807, 2.05) is 0 Å². The molecule has 0 bridgehead atoms. The van der Waals surface area contributed by atoms with E-state index in [-0.39, 0.29) is 0 Å². The Labute approximate surface area is 121 Å². The van der Waals surface area contributed by atoms with Crippen LogP contribution in [-0.2, 0) is 0 Å². The van der Waals surface area contributed by atoms with Gasteiger partial charge in [-0.05, 0) is 63.4 Å². The number of fused-ring (bicyclic) bond motifs is 1. The maximum atomic E-state index is 6.16. The van der Waals surface area contributed by atoms with E-state index < -0.39 is 0 Å². The van der Waals surface area contributed by atoms with Crippen LogP contribution in [0, 0.1) is 18.8 Å². The van der Waals surface area contributed by atoms with Gasteiger partial charge in [0.15, 0.2) is 0 Å². The molecule has 1 saturated carbocycles. The summed E-state index contributed by atoms with van der Waals surface area (Å²) in [4.78, 5) is 0. The summed E-state index contributed by atoms with van der Waals surface area (Å²) in [6, 6.07) is 8.73. The number of benzene rings is 1. The van der Waals surface area contributed by atoms with Crippen molar-refractivity contribution in [3.8, 4) is 0 Å². The highest BCUT2D eigenvalue weighted by Crippen LogP contribution is 2.41. The minimum absolute atomic E-state index is 0.568. The normalized spacial score (nSPS) is 27.1. The highest BCUT2D eigenvalue weighted by molar-refractivity contribution is 5.78. The van der Waals surface area contributed by atoms with Crippen LogP contribution < -0.4 is 5.32 Å². The molecule has 1 N–H and O–H groups in total. The third kappa shape index (κ3) is 2.62. The second-order valence-electron chi connectivity index (χ2n) is 6.53. The number of furan rings is 1. The number of hydrogen-bond acceptors (Lipinski definition) is 2. The molecule has 0 aliphatic heterocycles. The molecule has 2 heteroatoms. The topological polar surface area (TPSA) is 25.2 Å². The minimum Gasteiger partial charge on any atom is -0.461 e. The first-order valence-corrected chi connectivity index (χ1v) is 7.82. The van der Waals surface area contributed by atoms with Gasteiger partial charge in [0.2, 0.25) is 0 Å². The molecular weight excluding hydrogens is 246 g/mol. The van der Waals surface area contributed by atoms with E-state index in [2.05, 4.69) is 50.5 Å². The van der Waals surface area contributed by atoms with Crippen LogP contribution in [0.3, 0.4) is 0 Å². The predicted molar refractivity (Wildman–Crippen MR) is 84.1 cm³/mol. The third-order valence-corrected chi connectivity index (χ3v) is 4.78. The van der Waals surface area contributed by atoms with Crippen molar-refractivity contribution in [1.29, 1.82) is 0 Å². The van der Waals surface area contributed by atoms with Crippen molar-refractivity contribution in [2.45, 2.75) is 39.0 Å². The van der Waals surface area contributed by atoms with E-state index in [0.717, 1.165) is 18.0 Å². The fraction of sp³-hybridized carbons (Fsp3) is 0.556. The first-order valence-electron chi connectivity index (χ1n) is 7.82. The molecule has 1 aliphatic rings. The van der Waals surface area contributed by atoms with Gasteiger partial charge in [-0.3, -0.25) is 0 Å². The summed E-state index contributed by atoms with van der Waals surface area (Å²) in [5, 5.41) is 4.60. The molecular formula is C18H25NO. The van der Waals surface area contributed by atoms with Crippen LogP contribution in [0.1, 0.15) is 43.4 Å². The zero-order valence-electron chi connectivity index (χ0n) is 12.8. The van der Waals surface area contributed by atoms with E-state index in [9.17, 15) is 0 Å². The fourth-order valence-electron chi connectivity index (χ4n) is 3.66. The smallest absolute Gasteiger partial charge is 0.134 e. The average molecular weight is 271 g/mol. The van der Waals surface area contributed by atoms with Gasteiger partial charge in [-0.25, -0.2) is 0 Å². The van der Waals surface area contributed by atoms with Gasteiger partial charge in [0.05, 0.1) is 0 Å². The maximum Gasteiger partial charge on any atom is 0.134 e. The molecule has 108 valence electrons. The van der Waals surface area contributed by atoms with E-state index >= 15 is 0 Å². The monoisotopic (exact) mass is 271 g/mol. The molecule has 3 rings (SSSR count). The minimum atomic E-state index is 0.568. The highest BCUT2D eigenvalue weighted by atomic mass is 16.3. The zero-order valence-corrected chi connectivity index (χ0v) is 12.8. The van der Waals surface area contributed by atoms with Crippen molar-refractivity contribution in [2.24, 2.45) is 11.8 Å². The maximum absolute atomic E-state index is 6.16. The van der Waals surface area contributed by atoms with Gasteiger partial charge in [0.1, 0.15) is 11.3 Å². The Balaban J connectivity index is 1.93. The van der Waals surface area contributed by atoms with Gasteiger partial charge in [-0.1, -0.05) is 25.0 Å². The molecule has 1 aromatic heterocycles. The lowest BCUT2D eigenvalue weighted by Gasteiger charge is -2.33. The lowest BCUT2D eigenvalue weighted by atomic mass is 9.73. The van der Waals surface area contributed by atoms with Crippen LogP contribution in [0.5, 0.6) is 0 Å². The molecule has 1 heterocycles. The first kappa shape index (κ1) is 13.7. The molecule has 2 aromatic rings. The Hall–Kier alpha value is -1.28. The van der Waals surface area contributed by atoms with Crippen LogP contribution in [0.4, 0.5) is 0 Å². The van der Waals surface area contributed by atoms with Crippen molar-refractivity contribution in [3.63, 3.8) is 0 Å². The number of aryl methyl sites for hydroxylation is 1. The van der Waals surface area contributed by atoms with E-state index in [1.165, 1.54) is 36.0 Å². The van der Waals surface area contributed by atoms with Crippen LogP contribution in [0.25, 0.3) is 11.0 Å². The second kappa shape index (κ2) is 5.61. The van der Waals surface area contributed by atoms with Crippen molar-refractivity contribution >= 4 is 11.0 Å². The fourth-order valence-corrected chi connectivity index (χ4v) is 3.66. The van der Waals surface area contributed by atoms with Crippen molar-refractivity contribution < 1.29 is 4.42 Å². The van der Waals surface area contributed by atoms with E-state index in [4.69, 9.17) is 4.42 Å². The Morgan fingerprint density at radius 2 is 2.10 bits per heavy atom. The molecule has 0 amide bonds. The second-order valence-corrected chi connectivity index (χ2v) is 6.53. The molecule has 3 unspecified atom stereocenters. The summed E-state index contributed by atoms with van der Waals surface area (Å²) in [6.07, 6.45) is 3.91. The van der Waals surface area contributed by atoms with E-state index in [0.29, 0.717) is 11.8 Å². The molecule has 2 nitrogen and oxygen atoms in total. The van der Waals surface area contributed by atoms with Crippen molar-refractivity contribution in [3.05, 3.63) is 35.6 Å². The van der Waals surface area contributed by atoms with Gasteiger partial charge in [-0.15, -0.1) is 0 Å². The van der Waals surface area contributed by atoms with Gasteiger partial charge < -0.3 is 9.73 Å². The molecule has 0 saturated heterocycles. The first-order chi connectivity index (χ1) is 9.67. The molecule has 3 atom stereocenters. The number of hydrogen-bond donors (Lipinski definition) is 1. The van der Waals surface area contributed by atoms with Crippen molar-refractivity contribution in [2.75, 3.05) is 13.6 Å².